The van der Waals surface area contributed by atoms with Crippen molar-refractivity contribution in [2.45, 2.75) is 56.9 Å². The van der Waals surface area contributed by atoms with Crippen LogP contribution in [0, 0.1) is 0 Å². The second-order valence-electron chi connectivity index (χ2n) is 5.87. The molecule has 0 bridgehead atoms. The quantitative estimate of drug-likeness (QED) is 0.813. The maximum atomic E-state index is 12.2. The topological polar surface area (TPSA) is 58.2 Å². The Hall–Kier alpha value is -0.910. The van der Waals surface area contributed by atoms with E-state index in [9.17, 15) is 8.42 Å². The average Bonchev–Trinajstić information content (AvgIpc) is 2.47. The zero-order valence-electron chi connectivity index (χ0n) is 12.7. The Morgan fingerprint density at radius 3 is 2.29 bits per heavy atom. The molecule has 4 nitrogen and oxygen atoms in total. The van der Waals surface area contributed by atoms with Crippen LogP contribution in [0.2, 0.25) is 0 Å². The monoisotopic (exact) mass is 310 g/mol. The van der Waals surface area contributed by atoms with Crippen molar-refractivity contribution in [2.24, 2.45) is 0 Å². The van der Waals surface area contributed by atoms with Gasteiger partial charge in [-0.3, -0.25) is 0 Å². The lowest BCUT2D eigenvalue weighted by Crippen LogP contribution is -2.42. The minimum absolute atomic E-state index is 0.0713. The number of rotatable bonds is 7. The van der Waals surface area contributed by atoms with Crippen LogP contribution in [0.3, 0.4) is 0 Å². The Labute approximate surface area is 128 Å². The van der Waals surface area contributed by atoms with Gasteiger partial charge in [0.15, 0.2) is 0 Å². The van der Waals surface area contributed by atoms with Crippen molar-refractivity contribution in [1.29, 1.82) is 0 Å². The Balaban J connectivity index is 1.79. The average molecular weight is 310 g/mol. The van der Waals surface area contributed by atoms with Crippen molar-refractivity contribution in [3.63, 3.8) is 0 Å². The van der Waals surface area contributed by atoms with Crippen LogP contribution in [-0.4, -0.2) is 27.0 Å². The molecular weight excluding hydrogens is 284 g/mol. The number of hydrogen-bond acceptors (Lipinski definition) is 3. The largest absolute Gasteiger partial charge is 0.314 e. The Morgan fingerprint density at radius 2 is 1.67 bits per heavy atom. The second-order valence-corrected chi connectivity index (χ2v) is 7.62. The highest BCUT2D eigenvalue weighted by Gasteiger charge is 2.24. The first-order chi connectivity index (χ1) is 10.1. The van der Waals surface area contributed by atoms with E-state index in [1.807, 2.05) is 30.3 Å². The van der Waals surface area contributed by atoms with Crippen molar-refractivity contribution < 1.29 is 8.42 Å². The van der Waals surface area contributed by atoms with Crippen LogP contribution in [0.4, 0.5) is 0 Å². The van der Waals surface area contributed by atoms with Crippen molar-refractivity contribution in [3.8, 4) is 0 Å². The normalized spacial score (nSPS) is 23.1. The van der Waals surface area contributed by atoms with Crippen molar-refractivity contribution in [3.05, 3.63) is 35.9 Å². The molecule has 0 unspecified atom stereocenters. The molecule has 2 N–H and O–H groups in total. The molecule has 2 rings (SSSR count). The lowest BCUT2D eigenvalue weighted by Gasteiger charge is -2.29. The first-order valence-corrected chi connectivity index (χ1v) is 9.51. The predicted molar refractivity (Wildman–Crippen MR) is 86.5 cm³/mol. The van der Waals surface area contributed by atoms with Gasteiger partial charge in [0.05, 0.1) is 5.75 Å². The summed E-state index contributed by atoms with van der Waals surface area (Å²) >= 11 is 0. The summed E-state index contributed by atoms with van der Waals surface area (Å²) in [6, 6.07) is 9.99. The van der Waals surface area contributed by atoms with Crippen LogP contribution < -0.4 is 10.0 Å². The summed E-state index contributed by atoms with van der Waals surface area (Å²) in [4.78, 5) is 0. The van der Waals surface area contributed by atoms with Crippen molar-refractivity contribution in [1.82, 2.24) is 10.0 Å². The SMILES string of the molecule is CCCNC1CCC(NS(=O)(=O)Cc2ccccc2)CC1. The van der Waals surface area contributed by atoms with Gasteiger partial charge in [0.2, 0.25) is 10.0 Å². The number of sulfonamides is 1. The Bertz CT molecular complexity index is 508. The van der Waals surface area contributed by atoms with E-state index in [1.54, 1.807) is 0 Å². The standard InChI is InChI=1S/C16H26N2O2S/c1-2-12-17-15-8-10-16(11-9-15)18-21(19,20)13-14-6-4-3-5-7-14/h3-7,15-18H,2,8-13H2,1H3. The highest BCUT2D eigenvalue weighted by Crippen LogP contribution is 2.20. The predicted octanol–water partition coefficient (Wildman–Crippen LogP) is 2.42. The third-order valence-electron chi connectivity index (χ3n) is 3.96. The fourth-order valence-electron chi connectivity index (χ4n) is 2.85. The van der Waals surface area contributed by atoms with Gasteiger partial charge >= 0.3 is 0 Å². The van der Waals surface area contributed by atoms with E-state index in [2.05, 4.69) is 17.0 Å². The molecule has 0 aliphatic heterocycles. The van der Waals surface area contributed by atoms with Gasteiger partial charge in [-0.15, -0.1) is 0 Å². The van der Waals surface area contributed by atoms with Crippen LogP contribution in [0.25, 0.3) is 0 Å². The highest BCUT2D eigenvalue weighted by atomic mass is 32.2. The summed E-state index contributed by atoms with van der Waals surface area (Å²) in [5.74, 6) is 0.0713. The molecule has 0 saturated heterocycles. The molecule has 5 heteroatoms. The molecule has 0 heterocycles. The molecule has 1 aromatic rings. The fourth-order valence-corrected chi connectivity index (χ4v) is 4.31. The third-order valence-corrected chi connectivity index (χ3v) is 5.36. The summed E-state index contributed by atoms with van der Waals surface area (Å²) in [6.07, 6.45) is 5.10. The van der Waals surface area contributed by atoms with Gasteiger partial charge in [-0.05, 0) is 44.2 Å². The summed E-state index contributed by atoms with van der Waals surface area (Å²) < 4.78 is 27.3. The summed E-state index contributed by atoms with van der Waals surface area (Å²) in [5, 5.41) is 3.52. The molecule has 0 amide bonds. The third kappa shape index (κ3) is 5.77. The smallest absolute Gasteiger partial charge is 0.216 e. The second kappa shape index (κ2) is 7.92. The molecule has 0 atom stereocenters. The van der Waals surface area contributed by atoms with Crippen molar-refractivity contribution >= 4 is 10.0 Å². The van der Waals surface area contributed by atoms with Crippen LogP contribution in [0.1, 0.15) is 44.6 Å². The summed E-state index contributed by atoms with van der Waals surface area (Å²) in [5.41, 5.74) is 0.836. The summed E-state index contributed by atoms with van der Waals surface area (Å²) in [7, 11) is -3.24. The molecule has 1 aliphatic rings. The van der Waals surface area contributed by atoms with Gasteiger partial charge in [-0.25, -0.2) is 13.1 Å². The van der Waals surface area contributed by atoms with Crippen LogP contribution in [-0.2, 0) is 15.8 Å². The Kier molecular flexibility index (Phi) is 6.21. The summed E-state index contributed by atoms with van der Waals surface area (Å²) in [6.45, 7) is 3.21. The number of benzene rings is 1. The molecule has 0 aromatic heterocycles. The molecule has 0 radical (unpaired) electrons. The van der Waals surface area contributed by atoms with Crippen LogP contribution >= 0.6 is 0 Å². The van der Waals surface area contributed by atoms with E-state index < -0.39 is 10.0 Å². The zero-order valence-corrected chi connectivity index (χ0v) is 13.5. The van der Waals surface area contributed by atoms with E-state index in [4.69, 9.17) is 0 Å². The first-order valence-electron chi connectivity index (χ1n) is 7.86. The van der Waals surface area contributed by atoms with Crippen LogP contribution in [0.15, 0.2) is 30.3 Å². The fraction of sp³-hybridized carbons (Fsp3) is 0.625. The minimum Gasteiger partial charge on any atom is -0.314 e. The molecule has 1 aliphatic carbocycles. The maximum absolute atomic E-state index is 12.2. The van der Waals surface area contributed by atoms with E-state index in [1.165, 1.54) is 0 Å². The van der Waals surface area contributed by atoms with Gasteiger partial charge < -0.3 is 5.32 Å². The lowest BCUT2D eigenvalue weighted by molar-refractivity contribution is 0.330. The molecule has 1 aromatic carbocycles. The van der Waals surface area contributed by atoms with E-state index in [0.717, 1.165) is 44.2 Å². The maximum Gasteiger partial charge on any atom is 0.216 e. The van der Waals surface area contributed by atoms with Gasteiger partial charge in [-0.2, -0.15) is 0 Å². The highest BCUT2D eigenvalue weighted by molar-refractivity contribution is 7.88. The van der Waals surface area contributed by atoms with E-state index in [0.29, 0.717) is 6.04 Å². The number of nitrogens with one attached hydrogen (secondary N) is 2. The minimum atomic E-state index is -3.24. The van der Waals surface area contributed by atoms with E-state index >= 15 is 0 Å². The molecular formula is C16H26N2O2S. The van der Waals surface area contributed by atoms with Gasteiger partial charge in [0, 0.05) is 12.1 Å². The van der Waals surface area contributed by atoms with Gasteiger partial charge in [-0.1, -0.05) is 37.3 Å². The lowest BCUT2D eigenvalue weighted by atomic mass is 9.92. The molecule has 1 saturated carbocycles. The van der Waals surface area contributed by atoms with Crippen molar-refractivity contribution in [2.75, 3.05) is 6.54 Å². The molecule has 1 fully saturated rings. The van der Waals surface area contributed by atoms with E-state index in [-0.39, 0.29) is 11.8 Å². The van der Waals surface area contributed by atoms with Crippen LogP contribution in [0.5, 0.6) is 0 Å². The molecule has 21 heavy (non-hydrogen) atoms. The van der Waals surface area contributed by atoms with Gasteiger partial charge in [0.25, 0.3) is 0 Å². The molecule has 0 spiro atoms. The Morgan fingerprint density at radius 1 is 1.05 bits per heavy atom. The van der Waals surface area contributed by atoms with Gasteiger partial charge in [0.1, 0.15) is 0 Å². The first kappa shape index (κ1) is 16.5. The zero-order chi connectivity index (χ0) is 15.1. The molecule has 118 valence electrons. The number of hydrogen-bond donors (Lipinski definition) is 2.